The van der Waals surface area contributed by atoms with E-state index >= 15 is 0 Å². The summed E-state index contributed by atoms with van der Waals surface area (Å²) in [5.74, 6) is 0.651. The van der Waals surface area contributed by atoms with Crippen molar-refractivity contribution in [1.82, 2.24) is 19.5 Å². The molecule has 0 aliphatic heterocycles. The minimum absolute atomic E-state index is 0.00686. The van der Waals surface area contributed by atoms with E-state index in [-0.39, 0.29) is 10.8 Å². The molecule has 0 atom stereocenters. The summed E-state index contributed by atoms with van der Waals surface area (Å²) >= 11 is 0. The first-order chi connectivity index (χ1) is 20.4. The van der Waals surface area contributed by atoms with Crippen molar-refractivity contribution in [3.63, 3.8) is 0 Å². The topological polar surface area (TPSA) is 63.6 Å². The smallest absolute Gasteiger partial charge is 0.196 e. The number of fused-ring (bicyclic) bond motifs is 1. The van der Waals surface area contributed by atoms with Crippen molar-refractivity contribution >= 4 is 24.3 Å². The number of pyridine rings is 2. The highest BCUT2D eigenvalue weighted by atomic mass is 28.3. The molecule has 0 aliphatic rings. The van der Waals surface area contributed by atoms with E-state index in [1.54, 1.807) is 12.4 Å². The summed E-state index contributed by atoms with van der Waals surface area (Å²) in [6.07, 6.45) is 5.62. The Morgan fingerprint density at radius 1 is 0.767 bits per heavy atom. The second-order valence-corrected chi connectivity index (χ2v) is 18.5. The van der Waals surface area contributed by atoms with Crippen LogP contribution in [0.15, 0.2) is 102 Å². The first kappa shape index (κ1) is 28.6. The highest BCUT2D eigenvalue weighted by Gasteiger charge is 2.23. The normalized spacial score (nSPS) is 12.2. The van der Waals surface area contributed by atoms with Crippen LogP contribution in [0.25, 0.3) is 55.9 Å². The Balaban J connectivity index is 1.55. The van der Waals surface area contributed by atoms with Crippen LogP contribution in [-0.2, 0) is 12.5 Å². The number of rotatable bonds is 5. The predicted molar refractivity (Wildman–Crippen MR) is 183 cm³/mol. The van der Waals surface area contributed by atoms with Crippen LogP contribution in [0.1, 0.15) is 26.3 Å². The zero-order valence-corrected chi connectivity index (χ0v) is 27.0. The number of aromatic nitrogens is 4. The molecule has 0 amide bonds. The van der Waals surface area contributed by atoms with Gasteiger partial charge in [-0.3, -0.25) is 9.78 Å². The van der Waals surface area contributed by atoms with Crippen LogP contribution in [0.4, 0.5) is 0 Å². The van der Waals surface area contributed by atoms with Gasteiger partial charge in [0.1, 0.15) is 5.82 Å². The second-order valence-electron chi connectivity index (χ2n) is 13.4. The van der Waals surface area contributed by atoms with Gasteiger partial charge in [0.25, 0.3) is 0 Å². The molecule has 216 valence electrons. The molecule has 5 nitrogen and oxygen atoms in total. The van der Waals surface area contributed by atoms with Crippen LogP contribution < -0.4 is 10.6 Å². The molecule has 3 aromatic heterocycles. The average Bonchev–Trinajstić information content (AvgIpc) is 3.32. The van der Waals surface area contributed by atoms with Gasteiger partial charge in [0, 0.05) is 42.3 Å². The molecule has 0 aliphatic carbocycles. The SMILES string of the molecule is Cn1c(-c2c[nH]cc(C(C)(C)C)c2=O)nc2c(-c3cc(-c4ccccc4)cc(-c4ccc([Si](C)(C)C)cn4)c3)cccc21. The van der Waals surface area contributed by atoms with E-state index in [9.17, 15) is 4.79 Å². The van der Waals surface area contributed by atoms with E-state index in [0.717, 1.165) is 50.1 Å². The average molecular weight is 583 g/mol. The molecule has 43 heavy (non-hydrogen) atoms. The van der Waals surface area contributed by atoms with Gasteiger partial charge < -0.3 is 9.55 Å². The van der Waals surface area contributed by atoms with Crippen LogP contribution in [0.5, 0.6) is 0 Å². The van der Waals surface area contributed by atoms with Gasteiger partial charge in [0.2, 0.25) is 0 Å². The van der Waals surface area contributed by atoms with Crippen LogP contribution in [0.2, 0.25) is 19.6 Å². The maximum absolute atomic E-state index is 13.6. The Kier molecular flexibility index (Phi) is 7.05. The Morgan fingerprint density at radius 2 is 1.49 bits per heavy atom. The number of nitrogens with one attached hydrogen (secondary N) is 1. The monoisotopic (exact) mass is 582 g/mol. The van der Waals surface area contributed by atoms with E-state index < -0.39 is 8.07 Å². The summed E-state index contributed by atoms with van der Waals surface area (Å²) in [5.41, 5.74) is 9.20. The van der Waals surface area contributed by atoms with Crippen LogP contribution in [0, 0.1) is 0 Å². The standard InChI is InChI=1S/C37H38N4OSi/c1-37(2,3)31-23-38-22-30(35(31)42)36-40-34-29(14-11-15-33(34)41(36)4)26-18-25(24-12-9-8-10-13-24)19-27(20-26)32-17-16-28(21-39-32)43(5,6)7/h8-23H,1-7H3,(H,38,42). The number of imidazole rings is 1. The summed E-state index contributed by atoms with van der Waals surface area (Å²) in [4.78, 5) is 26.8. The molecule has 6 heteroatoms. The first-order valence-corrected chi connectivity index (χ1v) is 18.3. The van der Waals surface area contributed by atoms with Crippen molar-refractivity contribution < 1.29 is 0 Å². The number of benzene rings is 3. The van der Waals surface area contributed by atoms with E-state index in [1.807, 2.05) is 23.9 Å². The maximum Gasteiger partial charge on any atom is 0.196 e. The van der Waals surface area contributed by atoms with Gasteiger partial charge in [-0.15, -0.1) is 0 Å². The Labute approximate surface area is 254 Å². The lowest BCUT2D eigenvalue weighted by Crippen LogP contribution is -2.37. The van der Waals surface area contributed by atoms with E-state index in [2.05, 4.69) is 118 Å². The minimum atomic E-state index is -1.46. The van der Waals surface area contributed by atoms with Crippen LogP contribution in [0.3, 0.4) is 0 Å². The molecular weight excluding hydrogens is 545 g/mol. The number of H-pyrrole nitrogens is 1. The fourth-order valence-corrected chi connectivity index (χ4v) is 6.67. The molecule has 0 unspecified atom stereocenters. The lowest BCUT2D eigenvalue weighted by molar-refractivity contribution is 0.583. The van der Waals surface area contributed by atoms with Gasteiger partial charge in [-0.05, 0) is 57.6 Å². The predicted octanol–water partition coefficient (Wildman–Crippen LogP) is 8.17. The maximum atomic E-state index is 13.6. The van der Waals surface area contributed by atoms with Crippen molar-refractivity contribution in [1.29, 1.82) is 0 Å². The van der Waals surface area contributed by atoms with Crippen molar-refractivity contribution in [2.75, 3.05) is 0 Å². The van der Waals surface area contributed by atoms with Crippen LogP contribution >= 0.6 is 0 Å². The number of aromatic amines is 1. The lowest BCUT2D eigenvalue weighted by Gasteiger charge is -2.18. The number of aryl methyl sites for hydroxylation is 1. The molecule has 0 spiro atoms. The van der Waals surface area contributed by atoms with Gasteiger partial charge in [0.05, 0.1) is 30.4 Å². The third kappa shape index (κ3) is 5.39. The van der Waals surface area contributed by atoms with Gasteiger partial charge in [-0.25, -0.2) is 4.98 Å². The Morgan fingerprint density at radius 3 is 2.16 bits per heavy atom. The molecular formula is C37H38N4OSi. The van der Waals surface area contributed by atoms with E-state index in [1.165, 1.54) is 5.19 Å². The van der Waals surface area contributed by atoms with Gasteiger partial charge in [-0.2, -0.15) is 0 Å². The van der Waals surface area contributed by atoms with Crippen molar-refractivity contribution in [3.05, 3.63) is 113 Å². The third-order valence-electron chi connectivity index (χ3n) is 8.18. The van der Waals surface area contributed by atoms with Gasteiger partial charge >= 0.3 is 0 Å². The molecule has 3 aromatic carbocycles. The molecule has 1 N–H and O–H groups in total. The van der Waals surface area contributed by atoms with Crippen molar-refractivity contribution in [2.45, 2.75) is 45.8 Å². The zero-order chi connectivity index (χ0) is 30.5. The van der Waals surface area contributed by atoms with Gasteiger partial charge in [-0.1, -0.05) is 88.9 Å². The molecule has 0 saturated carbocycles. The fraction of sp³-hybridized carbons (Fsp3) is 0.216. The Bertz CT molecular complexity index is 2010. The number of para-hydroxylation sites is 1. The van der Waals surface area contributed by atoms with Crippen LogP contribution in [-0.4, -0.2) is 27.6 Å². The summed E-state index contributed by atoms with van der Waals surface area (Å²) in [6.45, 7) is 13.2. The highest BCUT2D eigenvalue weighted by molar-refractivity contribution is 6.88. The molecule has 0 fully saturated rings. The number of nitrogens with zero attached hydrogens (tertiary/aromatic N) is 3. The summed E-state index contributed by atoms with van der Waals surface area (Å²) in [6, 6.07) is 27.7. The minimum Gasteiger partial charge on any atom is -0.366 e. The molecule has 0 radical (unpaired) electrons. The summed E-state index contributed by atoms with van der Waals surface area (Å²) in [7, 11) is 0.518. The third-order valence-corrected chi connectivity index (χ3v) is 10.2. The van der Waals surface area contributed by atoms with E-state index in [0.29, 0.717) is 11.4 Å². The molecule has 0 bridgehead atoms. The first-order valence-electron chi connectivity index (χ1n) is 14.8. The number of hydrogen-bond donors (Lipinski definition) is 1. The quantitative estimate of drug-likeness (QED) is 0.209. The Hall–Kier alpha value is -4.55. The summed E-state index contributed by atoms with van der Waals surface area (Å²) in [5, 5.41) is 1.34. The largest absolute Gasteiger partial charge is 0.366 e. The zero-order valence-electron chi connectivity index (χ0n) is 26.0. The summed E-state index contributed by atoms with van der Waals surface area (Å²) < 4.78 is 2.02. The van der Waals surface area contributed by atoms with Crippen molar-refractivity contribution in [2.24, 2.45) is 7.05 Å². The second kappa shape index (κ2) is 10.6. The van der Waals surface area contributed by atoms with Gasteiger partial charge in [0.15, 0.2) is 5.43 Å². The molecule has 6 rings (SSSR count). The van der Waals surface area contributed by atoms with E-state index in [4.69, 9.17) is 9.97 Å². The highest BCUT2D eigenvalue weighted by Crippen LogP contribution is 2.36. The molecule has 6 aromatic rings. The molecule has 3 heterocycles. The molecule has 0 saturated heterocycles. The number of hydrogen-bond acceptors (Lipinski definition) is 3. The van der Waals surface area contributed by atoms with Crippen molar-refractivity contribution in [3.8, 4) is 44.9 Å². The lowest BCUT2D eigenvalue weighted by atomic mass is 9.87. The fourth-order valence-electron chi connectivity index (χ4n) is 5.63.